The van der Waals surface area contributed by atoms with Crippen LogP contribution in [0.25, 0.3) is 0 Å². The molecule has 0 aliphatic carbocycles. The van der Waals surface area contributed by atoms with E-state index in [4.69, 9.17) is 11.6 Å². The molecule has 0 spiro atoms. The summed E-state index contributed by atoms with van der Waals surface area (Å²) in [5.41, 5.74) is -0.836. The largest absolute Gasteiger partial charge is 0.417 e. The maximum atomic E-state index is 12.4. The van der Waals surface area contributed by atoms with Gasteiger partial charge in [-0.3, -0.25) is 0 Å². The van der Waals surface area contributed by atoms with Gasteiger partial charge in [0.05, 0.1) is 10.6 Å². The summed E-state index contributed by atoms with van der Waals surface area (Å²) in [5.74, 6) is 0.290. The molecule has 18 heavy (non-hydrogen) atoms. The summed E-state index contributed by atoms with van der Waals surface area (Å²) in [6.45, 7) is 1.58. The summed E-state index contributed by atoms with van der Waals surface area (Å²) < 4.78 is 37.2. The molecule has 1 aromatic rings. The molecule has 2 N–H and O–H groups in total. The molecular weight excluding hydrogens is 267 g/mol. The predicted molar refractivity (Wildman–Crippen MR) is 63.8 cm³/mol. The van der Waals surface area contributed by atoms with Crippen LogP contribution < -0.4 is 10.6 Å². The third-order valence-corrected chi connectivity index (χ3v) is 3.13. The van der Waals surface area contributed by atoms with Gasteiger partial charge in [-0.05, 0) is 25.5 Å². The zero-order valence-electron chi connectivity index (χ0n) is 9.52. The van der Waals surface area contributed by atoms with Crippen LogP contribution >= 0.6 is 11.6 Å². The number of nitrogens with one attached hydrogen (secondary N) is 2. The highest BCUT2D eigenvalue weighted by Gasteiger charge is 2.31. The fraction of sp³-hybridized carbons (Fsp3) is 0.545. The number of pyridine rings is 1. The Kier molecular flexibility index (Phi) is 3.97. The van der Waals surface area contributed by atoms with Gasteiger partial charge in [0.25, 0.3) is 0 Å². The second-order valence-corrected chi connectivity index (χ2v) is 4.63. The lowest BCUT2D eigenvalue weighted by Crippen LogP contribution is -2.29. The minimum absolute atomic E-state index is 0.0113. The van der Waals surface area contributed by atoms with Crippen molar-refractivity contribution in [2.45, 2.75) is 25.1 Å². The summed E-state index contributed by atoms with van der Waals surface area (Å²) in [5, 5.41) is 6.22. The van der Waals surface area contributed by atoms with Crippen molar-refractivity contribution in [2.75, 3.05) is 18.4 Å². The lowest BCUT2D eigenvalue weighted by Gasteiger charge is -2.14. The van der Waals surface area contributed by atoms with Crippen LogP contribution in [0.15, 0.2) is 12.3 Å². The lowest BCUT2D eigenvalue weighted by molar-refractivity contribution is -0.137. The molecular formula is C11H13ClF3N3. The van der Waals surface area contributed by atoms with E-state index in [-0.39, 0.29) is 5.02 Å². The zero-order valence-corrected chi connectivity index (χ0v) is 10.3. The van der Waals surface area contributed by atoms with Crippen LogP contribution in [-0.4, -0.2) is 24.1 Å². The Labute approximate surface area is 108 Å². The summed E-state index contributed by atoms with van der Waals surface area (Å²) >= 11 is 5.78. The molecule has 2 heterocycles. The average molecular weight is 280 g/mol. The van der Waals surface area contributed by atoms with Gasteiger partial charge < -0.3 is 10.6 Å². The minimum Gasteiger partial charge on any atom is -0.367 e. The van der Waals surface area contributed by atoms with Crippen molar-refractivity contribution < 1.29 is 13.2 Å². The topological polar surface area (TPSA) is 37.0 Å². The first-order chi connectivity index (χ1) is 8.47. The van der Waals surface area contributed by atoms with Gasteiger partial charge in [-0.25, -0.2) is 4.98 Å². The first kappa shape index (κ1) is 13.4. The van der Waals surface area contributed by atoms with Crippen LogP contribution in [0.3, 0.4) is 0 Å². The second kappa shape index (κ2) is 5.32. The zero-order chi connectivity index (χ0) is 13.2. The van der Waals surface area contributed by atoms with E-state index in [1.165, 1.54) is 0 Å². The molecule has 1 fully saturated rings. The average Bonchev–Trinajstić information content (AvgIpc) is 2.79. The van der Waals surface area contributed by atoms with Crippen LogP contribution in [0.1, 0.15) is 18.4 Å². The van der Waals surface area contributed by atoms with Gasteiger partial charge in [-0.2, -0.15) is 13.2 Å². The number of anilines is 1. The summed E-state index contributed by atoms with van der Waals surface area (Å²) in [6, 6.07) is 1.21. The molecule has 0 bridgehead atoms. The molecule has 1 aromatic heterocycles. The lowest BCUT2D eigenvalue weighted by atomic mass is 10.2. The normalized spacial score (nSPS) is 20.1. The van der Waals surface area contributed by atoms with Gasteiger partial charge in [0.2, 0.25) is 0 Å². The number of hydrogen-bond acceptors (Lipinski definition) is 3. The Morgan fingerprint density at radius 2 is 2.28 bits per heavy atom. The van der Waals surface area contributed by atoms with E-state index in [0.29, 0.717) is 18.4 Å². The fourth-order valence-electron chi connectivity index (χ4n) is 1.87. The van der Waals surface area contributed by atoms with E-state index in [2.05, 4.69) is 15.6 Å². The third kappa shape index (κ3) is 3.26. The molecule has 0 aromatic carbocycles. The monoisotopic (exact) mass is 279 g/mol. The van der Waals surface area contributed by atoms with Crippen molar-refractivity contribution >= 4 is 17.4 Å². The molecule has 0 radical (unpaired) electrons. The highest BCUT2D eigenvalue weighted by molar-refractivity contribution is 6.32. The van der Waals surface area contributed by atoms with Gasteiger partial charge in [0.15, 0.2) is 0 Å². The highest BCUT2D eigenvalue weighted by Crippen LogP contribution is 2.32. The summed E-state index contributed by atoms with van der Waals surface area (Å²) in [7, 11) is 0. The SMILES string of the molecule is FC(F)(F)c1cnc(NCC2CCCN2)c(Cl)c1. The number of alkyl halides is 3. The molecule has 3 nitrogen and oxygen atoms in total. The quantitative estimate of drug-likeness (QED) is 0.893. The van der Waals surface area contributed by atoms with Gasteiger partial charge >= 0.3 is 6.18 Å². The van der Waals surface area contributed by atoms with Crippen molar-refractivity contribution in [1.29, 1.82) is 0 Å². The van der Waals surface area contributed by atoms with Crippen LogP contribution in [0.5, 0.6) is 0 Å². The number of nitrogens with zero attached hydrogens (tertiary/aromatic N) is 1. The molecule has 7 heteroatoms. The maximum absolute atomic E-state index is 12.4. The first-order valence-corrected chi connectivity index (χ1v) is 6.04. The number of halogens is 4. The Morgan fingerprint density at radius 1 is 1.50 bits per heavy atom. The van der Waals surface area contributed by atoms with Gasteiger partial charge in [0.1, 0.15) is 5.82 Å². The molecule has 2 rings (SSSR count). The van der Waals surface area contributed by atoms with E-state index in [1.54, 1.807) is 0 Å². The maximum Gasteiger partial charge on any atom is 0.417 e. The van der Waals surface area contributed by atoms with E-state index >= 15 is 0 Å². The molecule has 100 valence electrons. The molecule has 1 aliphatic heterocycles. The van der Waals surface area contributed by atoms with Gasteiger partial charge in [-0.15, -0.1) is 0 Å². The molecule has 0 saturated carbocycles. The van der Waals surface area contributed by atoms with Crippen LogP contribution in [0.2, 0.25) is 5.02 Å². The standard InChI is InChI=1S/C11H13ClF3N3/c12-9-4-7(11(13,14)15)5-17-10(9)18-6-8-2-1-3-16-8/h4-5,8,16H,1-3,6H2,(H,17,18). The number of hydrogen-bond donors (Lipinski definition) is 2. The Bertz CT molecular complexity index is 416. The third-order valence-electron chi connectivity index (χ3n) is 2.85. The minimum atomic E-state index is -4.41. The smallest absolute Gasteiger partial charge is 0.367 e. The Balaban J connectivity index is 2.01. The van der Waals surface area contributed by atoms with E-state index < -0.39 is 11.7 Å². The summed E-state index contributed by atoms with van der Waals surface area (Å²) in [4.78, 5) is 3.71. The van der Waals surface area contributed by atoms with Crippen molar-refractivity contribution in [3.8, 4) is 0 Å². The van der Waals surface area contributed by atoms with Gasteiger partial charge in [0, 0.05) is 18.8 Å². The summed E-state index contributed by atoms with van der Waals surface area (Å²) in [6.07, 6.45) is -1.47. The first-order valence-electron chi connectivity index (χ1n) is 5.67. The van der Waals surface area contributed by atoms with E-state index in [0.717, 1.165) is 31.6 Å². The number of rotatable bonds is 3. The van der Waals surface area contributed by atoms with E-state index in [1.807, 2.05) is 0 Å². The van der Waals surface area contributed by atoms with Crippen LogP contribution in [-0.2, 0) is 6.18 Å². The molecule has 1 aliphatic rings. The van der Waals surface area contributed by atoms with Crippen molar-refractivity contribution in [1.82, 2.24) is 10.3 Å². The highest BCUT2D eigenvalue weighted by atomic mass is 35.5. The molecule has 0 amide bonds. The van der Waals surface area contributed by atoms with Crippen molar-refractivity contribution in [3.05, 3.63) is 22.8 Å². The van der Waals surface area contributed by atoms with Crippen molar-refractivity contribution in [2.24, 2.45) is 0 Å². The number of aromatic nitrogens is 1. The fourth-order valence-corrected chi connectivity index (χ4v) is 2.11. The Hall–Kier alpha value is -1.01. The van der Waals surface area contributed by atoms with Gasteiger partial charge in [-0.1, -0.05) is 11.6 Å². The predicted octanol–water partition coefficient (Wildman–Crippen LogP) is 2.92. The molecule has 1 saturated heterocycles. The molecule has 1 atom stereocenters. The van der Waals surface area contributed by atoms with Crippen molar-refractivity contribution in [3.63, 3.8) is 0 Å². The molecule has 1 unspecified atom stereocenters. The van der Waals surface area contributed by atoms with Crippen LogP contribution in [0.4, 0.5) is 19.0 Å². The second-order valence-electron chi connectivity index (χ2n) is 4.23. The van der Waals surface area contributed by atoms with E-state index in [9.17, 15) is 13.2 Å². The Morgan fingerprint density at radius 3 is 2.83 bits per heavy atom. The van der Waals surface area contributed by atoms with Crippen LogP contribution in [0, 0.1) is 0 Å².